The third-order valence-electron chi connectivity index (χ3n) is 3.99. The average molecular weight is 303 g/mol. The topological polar surface area (TPSA) is 33.6 Å². The van der Waals surface area contributed by atoms with Crippen LogP contribution in [0.1, 0.15) is 51.4 Å². The Bertz CT molecular complexity index is 612. The molecule has 2 rings (SSSR count). The van der Waals surface area contributed by atoms with Crippen LogP contribution in [-0.2, 0) is 6.54 Å². The van der Waals surface area contributed by atoms with E-state index in [4.69, 9.17) is 12.2 Å². The zero-order valence-corrected chi connectivity index (χ0v) is 14.2. The highest BCUT2D eigenvalue weighted by Gasteiger charge is 2.25. The minimum atomic E-state index is 0.280. The molecule has 1 N–H and O–H groups in total. The summed E-state index contributed by atoms with van der Waals surface area (Å²) in [5, 5.41) is 7.55. The van der Waals surface area contributed by atoms with Gasteiger partial charge in [-0.05, 0) is 29.6 Å². The minimum Gasteiger partial charge on any atom is -0.303 e. The summed E-state index contributed by atoms with van der Waals surface area (Å²) >= 11 is 5.43. The minimum absolute atomic E-state index is 0.280. The van der Waals surface area contributed by atoms with Gasteiger partial charge in [-0.25, -0.2) is 0 Å². The Morgan fingerprint density at radius 2 is 1.86 bits per heavy atom. The van der Waals surface area contributed by atoms with E-state index >= 15 is 0 Å². The number of aromatic amines is 1. The molecular weight excluding hydrogens is 278 g/mol. The highest BCUT2D eigenvalue weighted by atomic mass is 32.1. The van der Waals surface area contributed by atoms with E-state index in [2.05, 4.69) is 72.8 Å². The summed E-state index contributed by atoms with van der Waals surface area (Å²) in [6.45, 7) is 9.84. The number of nitrogens with zero attached hydrogens (tertiary/aromatic N) is 2. The molecule has 114 valence electrons. The molecule has 3 nitrogen and oxygen atoms in total. The normalized spacial score (nSPS) is 14.3. The molecule has 1 aromatic carbocycles. The fourth-order valence-corrected chi connectivity index (χ4v) is 2.95. The van der Waals surface area contributed by atoms with E-state index in [1.165, 1.54) is 5.56 Å². The molecule has 1 heterocycles. The second-order valence-electron chi connectivity index (χ2n) is 6.17. The van der Waals surface area contributed by atoms with E-state index in [1.807, 2.05) is 0 Å². The monoisotopic (exact) mass is 303 g/mol. The Hall–Kier alpha value is -1.42. The largest absolute Gasteiger partial charge is 0.303 e. The highest BCUT2D eigenvalue weighted by Crippen LogP contribution is 2.32. The summed E-state index contributed by atoms with van der Waals surface area (Å²) in [7, 11) is 0. The van der Waals surface area contributed by atoms with Gasteiger partial charge in [-0.2, -0.15) is 5.10 Å². The van der Waals surface area contributed by atoms with Crippen molar-refractivity contribution in [2.24, 2.45) is 11.8 Å². The summed E-state index contributed by atoms with van der Waals surface area (Å²) < 4.78 is 2.90. The van der Waals surface area contributed by atoms with Crippen LogP contribution in [0.2, 0.25) is 0 Å². The molecule has 0 aliphatic heterocycles. The summed E-state index contributed by atoms with van der Waals surface area (Å²) in [5.74, 6) is 2.40. The molecular formula is C17H25N3S. The van der Waals surface area contributed by atoms with Crippen molar-refractivity contribution in [3.63, 3.8) is 0 Å². The molecule has 2 unspecified atom stereocenters. The van der Waals surface area contributed by atoms with Crippen LogP contribution in [-0.4, -0.2) is 14.8 Å². The quantitative estimate of drug-likeness (QED) is 0.780. The first-order chi connectivity index (χ1) is 10.0. The molecule has 0 aliphatic carbocycles. The third kappa shape index (κ3) is 3.62. The van der Waals surface area contributed by atoms with Crippen LogP contribution in [0.4, 0.5) is 0 Å². The van der Waals surface area contributed by atoms with Crippen LogP contribution < -0.4 is 0 Å². The molecule has 1 aromatic heterocycles. The van der Waals surface area contributed by atoms with E-state index in [-0.39, 0.29) is 5.92 Å². The van der Waals surface area contributed by atoms with Crippen LogP contribution in [0.3, 0.4) is 0 Å². The fourth-order valence-electron chi connectivity index (χ4n) is 2.74. The number of hydrogen-bond acceptors (Lipinski definition) is 2. The van der Waals surface area contributed by atoms with Crippen molar-refractivity contribution in [1.82, 2.24) is 14.8 Å². The Morgan fingerprint density at radius 1 is 1.19 bits per heavy atom. The second-order valence-corrected chi connectivity index (χ2v) is 6.55. The van der Waals surface area contributed by atoms with Gasteiger partial charge in [0.05, 0.1) is 0 Å². The highest BCUT2D eigenvalue weighted by molar-refractivity contribution is 7.71. The van der Waals surface area contributed by atoms with Crippen LogP contribution >= 0.6 is 12.2 Å². The van der Waals surface area contributed by atoms with Crippen molar-refractivity contribution in [2.45, 2.75) is 46.6 Å². The lowest BCUT2D eigenvalue weighted by Crippen LogP contribution is -2.18. The van der Waals surface area contributed by atoms with E-state index < -0.39 is 0 Å². The second kappa shape index (κ2) is 7.03. The van der Waals surface area contributed by atoms with Crippen molar-refractivity contribution in [1.29, 1.82) is 0 Å². The summed E-state index contributed by atoms with van der Waals surface area (Å²) in [6, 6.07) is 10.6. The van der Waals surface area contributed by atoms with Gasteiger partial charge in [0.1, 0.15) is 5.82 Å². The van der Waals surface area contributed by atoms with Gasteiger partial charge in [0.15, 0.2) is 4.77 Å². The first-order valence-corrected chi connectivity index (χ1v) is 8.15. The first kappa shape index (κ1) is 16.0. The molecule has 4 heteroatoms. The SMILES string of the molecule is CCC(C)C(c1ccccc1)c1n[nH]c(=S)n1CC(C)C. The lowest BCUT2D eigenvalue weighted by molar-refractivity contribution is 0.435. The van der Waals surface area contributed by atoms with Gasteiger partial charge in [-0.15, -0.1) is 0 Å². The van der Waals surface area contributed by atoms with Gasteiger partial charge in [0.2, 0.25) is 0 Å². The molecule has 0 spiro atoms. The predicted molar refractivity (Wildman–Crippen MR) is 90.0 cm³/mol. The van der Waals surface area contributed by atoms with Crippen molar-refractivity contribution in [2.75, 3.05) is 0 Å². The standard InChI is InChI=1S/C17H25N3S/c1-5-13(4)15(14-9-7-6-8-10-14)16-18-19-17(21)20(16)11-12(2)3/h6-10,12-13,15H,5,11H2,1-4H3,(H,19,21). The van der Waals surface area contributed by atoms with Crippen LogP contribution in [0, 0.1) is 16.6 Å². The van der Waals surface area contributed by atoms with E-state index in [1.54, 1.807) is 0 Å². The maximum Gasteiger partial charge on any atom is 0.195 e. The molecule has 2 atom stereocenters. The van der Waals surface area contributed by atoms with E-state index in [0.717, 1.165) is 23.6 Å². The van der Waals surface area contributed by atoms with Gasteiger partial charge in [0, 0.05) is 12.5 Å². The van der Waals surface area contributed by atoms with Crippen LogP contribution in [0.5, 0.6) is 0 Å². The number of hydrogen-bond donors (Lipinski definition) is 1. The Balaban J connectivity index is 2.50. The molecule has 0 radical (unpaired) electrons. The molecule has 0 saturated heterocycles. The lowest BCUT2D eigenvalue weighted by atomic mass is 9.85. The number of benzene rings is 1. The number of H-pyrrole nitrogens is 1. The summed E-state index contributed by atoms with van der Waals surface area (Å²) in [6.07, 6.45) is 1.11. The molecule has 0 saturated carbocycles. The van der Waals surface area contributed by atoms with Crippen molar-refractivity contribution in [3.05, 3.63) is 46.5 Å². The van der Waals surface area contributed by atoms with Gasteiger partial charge in [0.25, 0.3) is 0 Å². The fraction of sp³-hybridized carbons (Fsp3) is 0.529. The number of aromatic nitrogens is 3. The maximum atomic E-state index is 5.43. The molecule has 0 fully saturated rings. The predicted octanol–water partition coefficient (Wildman–Crippen LogP) is 4.77. The Kier molecular flexibility index (Phi) is 5.34. The molecule has 0 amide bonds. The van der Waals surface area contributed by atoms with Crippen molar-refractivity contribution in [3.8, 4) is 0 Å². The third-order valence-corrected chi connectivity index (χ3v) is 4.30. The molecule has 0 aliphatic rings. The van der Waals surface area contributed by atoms with E-state index in [9.17, 15) is 0 Å². The molecule has 2 aromatic rings. The number of rotatable bonds is 6. The van der Waals surface area contributed by atoms with E-state index in [0.29, 0.717) is 11.8 Å². The lowest BCUT2D eigenvalue weighted by Gasteiger charge is -2.24. The van der Waals surface area contributed by atoms with Gasteiger partial charge in [-0.1, -0.05) is 64.4 Å². The van der Waals surface area contributed by atoms with Crippen molar-refractivity contribution < 1.29 is 0 Å². The Morgan fingerprint density at radius 3 is 2.43 bits per heavy atom. The summed E-state index contributed by atoms with van der Waals surface area (Å²) in [4.78, 5) is 0. The Labute approximate surface area is 132 Å². The summed E-state index contributed by atoms with van der Waals surface area (Å²) in [5.41, 5.74) is 1.31. The molecule has 0 bridgehead atoms. The first-order valence-electron chi connectivity index (χ1n) is 7.74. The number of nitrogens with one attached hydrogen (secondary N) is 1. The molecule has 21 heavy (non-hydrogen) atoms. The zero-order chi connectivity index (χ0) is 15.4. The van der Waals surface area contributed by atoms with Gasteiger partial charge >= 0.3 is 0 Å². The van der Waals surface area contributed by atoms with Gasteiger partial charge in [-0.3, -0.25) is 5.10 Å². The van der Waals surface area contributed by atoms with Crippen LogP contribution in [0.15, 0.2) is 30.3 Å². The zero-order valence-electron chi connectivity index (χ0n) is 13.3. The van der Waals surface area contributed by atoms with Gasteiger partial charge < -0.3 is 4.57 Å². The maximum absolute atomic E-state index is 5.43. The van der Waals surface area contributed by atoms with Crippen molar-refractivity contribution >= 4 is 12.2 Å². The average Bonchev–Trinajstić information content (AvgIpc) is 2.81. The van der Waals surface area contributed by atoms with Crippen LogP contribution in [0.25, 0.3) is 0 Å². The smallest absolute Gasteiger partial charge is 0.195 e.